The number of rotatable bonds is 4. The zero-order valence-corrected chi connectivity index (χ0v) is 17.9. The van der Waals surface area contributed by atoms with Crippen LogP contribution in [0.25, 0.3) is 6.08 Å². The molecule has 160 valence electrons. The van der Waals surface area contributed by atoms with Gasteiger partial charge in [0.05, 0.1) is 11.2 Å². The maximum absolute atomic E-state index is 14.3. The number of aromatic hydroxyl groups is 1. The zero-order valence-electron chi connectivity index (χ0n) is 17.9. The molecule has 0 aromatic heterocycles. The summed E-state index contributed by atoms with van der Waals surface area (Å²) in [6, 6.07) is 2.28. The monoisotopic (exact) mass is 411 g/mol. The number of benzene rings is 1. The summed E-state index contributed by atoms with van der Waals surface area (Å²) >= 11 is 0. The number of carbonyl (C=O) groups excluding carboxylic acids is 1. The predicted molar refractivity (Wildman–Crippen MR) is 106 cm³/mol. The van der Waals surface area contributed by atoms with Gasteiger partial charge in [-0.2, -0.15) is 4.39 Å². The largest absolute Gasteiger partial charge is 0.505 e. The van der Waals surface area contributed by atoms with Crippen LogP contribution in [0, 0.1) is 11.6 Å². The minimum Gasteiger partial charge on any atom is -0.505 e. The topological polar surface area (TPSA) is 77.0 Å². The maximum Gasteiger partial charge on any atom is 0.492 e. The molecule has 29 heavy (non-hydrogen) atoms. The Balaban J connectivity index is 2.34. The molecule has 0 saturated carbocycles. The fourth-order valence-corrected chi connectivity index (χ4v) is 2.55. The van der Waals surface area contributed by atoms with E-state index in [0.717, 1.165) is 6.07 Å². The van der Waals surface area contributed by atoms with Crippen LogP contribution >= 0.6 is 0 Å². The van der Waals surface area contributed by atoms with E-state index in [0.29, 0.717) is 5.47 Å². The lowest BCUT2D eigenvalue weighted by molar-refractivity contribution is 0.00578. The number of amides is 1. The fourth-order valence-electron chi connectivity index (χ4n) is 2.55. The SMILES string of the molecule is CC(C)(C)OC(=O)NCC(=Cc1ccc(O)c(F)c1F)B1OC(C)(C)C(C)(C)O1. The second-order valence-corrected chi connectivity index (χ2v) is 8.96. The minimum absolute atomic E-state index is 0.0757. The summed E-state index contributed by atoms with van der Waals surface area (Å²) < 4.78 is 45.2. The van der Waals surface area contributed by atoms with Gasteiger partial charge in [-0.05, 0) is 66.1 Å². The number of carbonyl (C=O) groups is 1. The molecule has 0 spiro atoms. The van der Waals surface area contributed by atoms with Crippen LogP contribution in [0.15, 0.2) is 17.6 Å². The molecule has 1 fully saturated rings. The van der Waals surface area contributed by atoms with E-state index in [-0.39, 0.29) is 12.1 Å². The first-order valence-electron chi connectivity index (χ1n) is 9.33. The molecule has 1 aliphatic heterocycles. The standard InChI is InChI=1S/C20H28BF2NO5/c1-18(2,3)27-17(26)24-11-13(21-28-19(4,5)20(6,7)29-21)10-12-8-9-14(25)16(23)15(12)22/h8-10,25H,11H2,1-7H3,(H,24,26). The van der Waals surface area contributed by atoms with Gasteiger partial charge in [0.15, 0.2) is 11.6 Å². The van der Waals surface area contributed by atoms with Crippen molar-refractivity contribution in [1.29, 1.82) is 0 Å². The Kier molecular flexibility index (Phi) is 6.35. The van der Waals surface area contributed by atoms with Crippen molar-refractivity contribution in [1.82, 2.24) is 5.32 Å². The van der Waals surface area contributed by atoms with Gasteiger partial charge in [-0.15, -0.1) is 0 Å². The molecule has 0 atom stereocenters. The first-order chi connectivity index (χ1) is 13.1. The van der Waals surface area contributed by atoms with E-state index in [2.05, 4.69) is 5.32 Å². The summed E-state index contributed by atoms with van der Waals surface area (Å²) in [4.78, 5) is 12.0. The Morgan fingerprint density at radius 2 is 1.72 bits per heavy atom. The summed E-state index contributed by atoms with van der Waals surface area (Å²) in [6.07, 6.45) is 0.662. The van der Waals surface area contributed by atoms with Crippen molar-refractivity contribution in [3.05, 3.63) is 34.8 Å². The van der Waals surface area contributed by atoms with Crippen molar-refractivity contribution in [2.75, 3.05) is 6.54 Å². The van der Waals surface area contributed by atoms with Gasteiger partial charge in [0.1, 0.15) is 5.60 Å². The molecule has 0 radical (unpaired) electrons. The van der Waals surface area contributed by atoms with Gasteiger partial charge in [0, 0.05) is 12.1 Å². The van der Waals surface area contributed by atoms with Crippen LogP contribution in [0.5, 0.6) is 5.75 Å². The molecule has 0 unspecified atom stereocenters. The zero-order chi connectivity index (χ0) is 22.2. The van der Waals surface area contributed by atoms with E-state index in [9.17, 15) is 18.7 Å². The quantitative estimate of drug-likeness (QED) is 0.726. The molecule has 1 amide bonds. The number of phenols is 1. The smallest absolute Gasteiger partial charge is 0.492 e. The minimum atomic E-state index is -1.35. The number of nitrogens with one attached hydrogen (secondary N) is 1. The van der Waals surface area contributed by atoms with Crippen molar-refractivity contribution >= 4 is 19.3 Å². The lowest BCUT2D eigenvalue weighted by atomic mass is 9.77. The third-order valence-electron chi connectivity index (χ3n) is 4.82. The van der Waals surface area contributed by atoms with Crippen LogP contribution in [0.1, 0.15) is 54.0 Å². The molecule has 0 aliphatic carbocycles. The molecule has 2 rings (SSSR count). The number of halogens is 2. The molecular formula is C20H28BF2NO5. The summed E-state index contributed by atoms with van der Waals surface area (Å²) in [7, 11) is -0.897. The Morgan fingerprint density at radius 3 is 2.24 bits per heavy atom. The van der Waals surface area contributed by atoms with Crippen LogP contribution in [0.2, 0.25) is 0 Å². The van der Waals surface area contributed by atoms with Crippen LogP contribution in [-0.2, 0) is 14.0 Å². The average molecular weight is 411 g/mol. The van der Waals surface area contributed by atoms with E-state index < -0.39 is 47.4 Å². The van der Waals surface area contributed by atoms with Gasteiger partial charge in [-0.3, -0.25) is 0 Å². The van der Waals surface area contributed by atoms with Gasteiger partial charge >= 0.3 is 13.2 Å². The lowest BCUT2D eigenvalue weighted by Gasteiger charge is -2.32. The average Bonchev–Trinajstić information content (AvgIpc) is 2.77. The van der Waals surface area contributed by atoms with Crippen molar-refractivity contribution in [2.24, 2.45) is 0 Å². The molecular weight excluding hydrogens is 383 g/mol. The molecule has 6 nitrogen and oxygen atoms in total. The van der Waals surface area contributed by atoms with Gasteiger partial charge in [-0.25, -0.2) is 9.18 Å². The number of ether oxygens (including phenoxy) is 1. The van der Waals surface area contributed by atoms with E-state index in [1.807, 2.05) is 27.7 Å². The molecule has 0 bridgehead atoms. The Bertz CT molecular complexity index is 802. The third kappa shape index (κ3) is 5.48. The van der Waals surface area contributed by atoms with Crippen LogP contribution < -0.4 is 5.32 Å². The maximum atomic E-state index is 14.3. The van der Waals surface area contributed by atoms with E-state index >= 15 is 0 Å². The Labute approximate surface area is 170 Å². The van der Waals surface area contributed by atoms with Gasteiger partial charge in [0.25, 0.3) is 0 Å². The Morgan fingerprint density at radius 1 is 1.17 bits per heavy atom. The molecule has 2 N–H and O–H groups in total. The second kappa shape index (κ2) is 7.95. The van der Waals surface area contributed by atoms with Crippen molar-refractivity contribution in [3.63, 3.8) is 0 Å². The summed E-state index contributed by atoms with van der Waals surface area (Å²) in [6.45, 7) is 12.5. The fraction of sp³-hybridized carbons (Fsp3) is 0.550. The highest BCUT2D eigenvalue weighted by atomic mass is 19.2. The number of hydrogen-bond acceptors (Lipinski definition) is 5. The highest BCUT2D eigenvalue weighted by Crippen LogP contribution is 2.39. The first kappa shape index (κ1) is 23.2. The summed E-state index contributed by atoms with van der Waals surface area (Å²) in [5.41, 5.74) is -1.78. The van der Waals surface area contributed by atoms with E-state index in [1.54, 1.807) is 20.8 Å². The molecule has 1 saturated heterocycles. The van der Waals surface area contributed by atoms with Gasteiger partial charge in [0.2, 0.25) is 5.82 Å². The summed E-state index contributed by atoms with van der Waals surface area (Å²) in [5, 5.41) is 11.9. The molecule has 1 aliphatic rings. The second-order valence-electron chi connectivity index (χ2n) is 8.96. The highest BCUT2D eigenvalue weighted by molar-refractivity contribution is 6.56. The first-order valence-corrected chi connectivity index (χ1v) is 9.33. The van der Waals surface area contributed by atoms with Crippen molar-refractivity contribution in [3.8, 4) is 5.75 Å². The van der Waals surface area contributed by atoms with Crippen LogP contribution in [0.4, 0.5) is 13.6 Å². The van der Waals surface area contributed by atoms with Gasteiger partial charge < -0.3 is 24.5 Å². The predicted octanol–water partition coefficient (Wildman–Crippen LogP) is 4.21. The van der Waals surface area contributed by atoms with E-state index in [4.69, 9.17) is 14.0 Å². The molecule has 1 aromatic carbocycles. The molecule has 1 heterocycles. The highest BCUT2D eigenvalue weighted by Gasteiger charge is 2.52. The lowest BCUT2D eigenvalue weighted by Crippen LogP contribution is -2.41. The van der Waals surface area contributed by atoms with E-state index in [1.165, 1.54) is 12.1 Å². The Hall–Kier alpha value is -2.13. The van der Waals surface area contributed by atoms with Crippen molar-refractivity contribution in [2.45, 2.75) is 65.3 Å². The van der Waals surface area contributed by atoms with Crippen molar-refractivity contribution < 1.29 is 32.7 Å². The number of hydrogen-bond donors (Lipinski definition) is 2. The normalized spacial score (nSPS) is 18.7. The summed E-state index contributed by atoms with van der Waals surface area (Å²) in [5.74, 6) is -3.35. The molecule has 9 heteroatoms. The number of phenolic OH excluding ortho intramolecular Hbond substituents is 1. The third-order valence-corrected chi connectivity index (χ3v) is 4.82. The number of alkyl carbamates (subject to hydrolysis) is 1. The van der Waals surface area contributed by atoms with Crippen LogP contribution in [-0.4, -0.2) is 41.7 Å². The van der Waals surface area contributed by atoms with Crippen LogP contribution in [0.3, 0.4) is 0 Å². The van der Waals surface area contributed by atoms with Gasteiger partial charge in [-0.1, -0.05) is 6.08 Å². The molecule has 1 aromatic rings.